The summed E-state index contributed by atoms with van der Waals surface area (Å²) in [7, 11) is 3.22. The molecule has 106 valence electrons. The fraction of sp³-hybridized carbons (Fsp3) is 0.583. The van der Waals surface area contributed by atoms with E-state index < -0.39 is 17.9 Å². The van der Waals surface area contributed by atoms with Gasteiger partial charge in [-0.15, -0.1) is 0 Å². The molecule has 1 unspecified atom stereocenters. The van der Waals surface area contributed by atoms with Crippen molar-refractivity contribution in [3.05, 3.63) is 17.0 Å². The van der Waals surface area contributed by atoms with Crippen LogP contribution in [0.2, 0.25) is 0 Å². The molecule has 1 aromatic rings. The van der Waals surface area contributed by atoms with E-state index in [-0.39, 0.29) is 13.0 Å². The number of aryl methyl sites for hydroxylation is 2. The molecule has 0 spiro atoms. The van der Waals surface area contributed by atoms with Gasteiger partial charge in [0.15, 0.2) is 0 Å². The van der Waals surface area contributed by atoms with Gasteiger partial charge in [-0.05, 0) is 13.8 Å². The van der Waals surface area contributed by atoms with E-state index in [1.807, 2.05) is 0 Å². The average Bonchev–Trinajstić information content (AvgIpc) is 2.58. The molecule has 0 radical (unpaired) electrons. The molecule has 0 aliphatic heterocycles. The lowest BCUT2D eigenvalue weighted by molar-refractivity contribution is -0.139. The summed E-state index contributed by atoms with van der Waals surface area (Å²) >= 11 is 0. The normalized spacial score (nSPS) is 12.2. The van der Waals surface area contributed by atoms with Crippen molar-refractivity contribution in [1.82, 2.24) is 15.1 Å². The van der Waals surface area contributed by atoms with E-state index >= 15 is 0 Å². The van der Waals surface area contributed by atoms with Crippen molar-refractivity contribution in [2.45, 2.75) is 26.3 Å². The van der Waals surface area contributed by atoms with Crippen molar-refractivity contribution in [2.75, 3.05) is 13.7 Å². The molecule has 0 bridgehead atoms. The summed E-state index contributed by atoms with van der Waals surface area (Å²) in [5, 5.41) is 15.7. The van der Waals surface area contributed by atoms with Gasteiger partial charge in [0.2, 0.25) is 0 Å². The van der Waals surface area contributed by atoms with Gasteiger partial charge in [-0.1, -0.05) is 0 Å². The van der Waals surface area contributed by atoms with Gasteiger partial charge in [0.25, 0.3) is 5.91 Å². The van der Waals surface area contributed by atoms with Crippen LogP contribution < -0.4 is 5.32 Å². The summed E-state index contributed by atoms with van der Waals surface area (Å²) in [6.45, 7) is 3.74. The highest BCUT2D eigenvalue weighted by Crippen LogP contribution is 2.12. The largest absolute Gasteiger partial charge is 0.480 e. The first-order chi connectivity index (χ1) is 8.88. The van der Waals surface area contributed by atoms with Crippen LogP contribution in [-0.4, -0.2) is 46.5 Å². The lowest BCUT2D eigenvalue weighted by Gasteiger charge is -2.14. The van der Waals surface area contributed by atoms with Crippen LogP contribution in [-0.2, 0) is 16.6 Å². The van der Waals surface area contributed by atoms with Crippen LogP contribution in [0.15, 0.2) is 0 Å². The first kappa shape index (κ1) is 15.2. The Kier molecular flexibility index (Phi) is 5.05. The van der Waals surface area contributed by atoms with Gasteiger partial charge >= 0.3 is 5.97 Å². The molecule has 7 nitrogen and oxygen atoms in total. The molecule has 7 heteroatoms. The number of amides is 1. The van der Waals surface area contributed by atoms with Gasteiger partial charge in [0.05, 0.1) is 11.3 Å². The molecular weight excluding hydrogens is 250 g/mol. The summed E-state index contributed by atoms with van der Waals surface area (Å²) in [4.78, 5) is 23.2. The van der Waals surface area contributed by atoms with Gasteiger partial charge in [0.1, 0.15) is 6.04 Å². The topological polar surface area (TPSA) is 93.5 Å². The third kappa shape index (κ3) is 3.54. The fourth-order valence-electron chi connectivity index (χ4n) is 1.83. The van der Waals surface area contributed by atoms with Crippen LogP contribution in [0.5, 0.6) is 0 Å². The Morgan fingerprint density at radius 1 is 1.47 bits per heavy atom. The Labute approximate surface area is 111 Å². The molecule has 1 rings (SSSR count). The van der Waals surface area contributed by atoms with Gasteiger partial charge in [-0.3, -0.25) is 9.48 Å². The fourth-order valence-corrected chi connectivity index (χ4v) is 1.83. The maximum Gasteiger partial charge on any atom is 0.326 e. The standard InChI is InChI=1S/C12H19N3O4/c1-7-10(8(2)15(3)14-7)11(16)13-9(12(17)18)5-6-19-4/h9H,5-6H2,1-4H3,(H,13,16)(H,17,18). The van der Waals surface area contributed by atoms with Crippen LogP contribution in [0.1, 0.15) is 28.2 Å². The molecule has 0 aromatic carbocycles. The van der Waals surface area contributed by atoms with Crippen molar-refractivity contribution >= 4 is 11.9 Å². The minimum Gasteiger partial charge on any atom is -0.480 e. The second-order valence-corrected chi connectivity index (χ2v) is 4.32. The van der Waals surface area contributed by atoms with E-state index in [1.54, 1.807) is 25.6 Å². The van der Waals surface area contributed by atoms with E-state index in [0.29, 0.717) is 17.0 Å². The predicted molar refractivity (Wildman–Crippen MR) is 68.1 cm³/mol. The second kappa shape index (κ2) is 6.33. The monoisotopic (exact) mass is 269 g/mol. The van der Waals surface area contributed by atoms with E-state index in [0.717, 1.165) is 0 Å². The summed E-state index contributed by atoms with van der Waals surface area (Å²) in [5.74, 6) is -1.50. The quantitative estimate of drug-likeness (QED) is 0.772. The van der Waals surface area contributed by atoms with Crippen molar-refractivity contribution in [3.63, 3.8) is 0 Å². The number of rotatable bonds is 6. The summed E-state index contributed by atoms with van der Waals surface area (Å²) < 4.78 is 6.42. The van der Waals surface area contributed by atoms with E-state index in [2.05, 4.69) is 10.4 Å². The lowest BCUT2D eigenvalue weighted by atomic mass is 10.1. The Morgan fingerprint density at radius 3 is 2.53 bits per heavy atom. The van der Waals surface area contributed by atoms with Gasteiger partial charge in [-0.25, -0.2) is 4.79 Å². The molecule has 0 aliphatic rings. The summed E-state index contributed by atoms with van der Waals surface area (Å²) in [6, 6.07) is -0.966. The number of nitrogens with zero attached hydrogens (tertiary/aromatic N) is 2. The molecule has 2 N–H and O–H groups in total. The second-order valence-electron chi connectivity index (χ2n) is 4.32. The number of carbonyl (C=O) groups is 2. The Balaban J connectivity index is 2.85. The van der Waals surface area contributed by atoms with Gasteiger partial charge in [-0.2, -0.15) is 5.10 Å². The lowest BCUT2D eigenvalue weighted by Crippen LogP contribution is -2.41. The van der Waals surface area contributed by atoms with Gasteiger partial charge < -0.3 is 15.2 Å². The van der Waals surface area contributed by atoms with Crippen molar-refractivity contribution in [1.29, 1.82) is 0 Å². The minimum atomic E-state index is -1.08. The third-order valence-corrected chi connectivity index (χ3v) is 2.95. The highest BCUT2D eigenvalue weighted by atomic mass is 16.5. The number of aromatic nitrogens is 2. The Morgan fingerprint density at radius 2 is 2.11 bits per heavy atom. The minimum absolute atomic E-state index is 0.218. The maximum absolute atomic E-state index is 12.1. The summed E-state index contributed by atoms with van der Waals surface area (Å²) in [6.07, 6.45) is 0.218. The van der Waals surface area contributed by atoms with Crippen molar-refractivity contribution < 1.29 is 19.4 Å². The third-order valence-electron chi connectivity index (χ3n) is 2.95. The zero-order valence-corrected chi connectivity index (χ0v) is 11.6. The number of ether oxygens (including phenoxy) is 1. The number of carbonyl (C=O) groups excluding carboxylic acids is 1. The van der Waals surface area contributed by atoms with Gasteiger partial charge in [0, 0.05) is 32.9 Å². The Bertz CT molecular complexity index is 482. The SMILES string of the molecule is COCCC(NC(=O)c1c(C)nn(C)c1C)C(=O)O. The van der Waals surface area contributed by atoms with Crippen LogP contribution in [0, 0.1) is 13.8 Å². The number of methoxy groups -OCH3 is 1. The average molecular weight is 269 g/mol. The smallest absolute Gasteiger partial charge is 0.326 e. The molecule has 0 saturated heterocycles. The van der Waals surface area contributed by atoms with Crippen LogP contribution in [0.25, 0.3) is 0 Å². The van der Waals surface area contributed by atoms with Crippen molar-refractivity contribution in [2.24, 2.45) is 7.05 Å². The zero-order chi connectivity index (χ0) is 14.6. The van der Waals surface area contributed by atoms with Crippen molar-refractivity contribution in [3.8, 4) is 0 Å². The van der Waals surface area contributed by atoms with Crippen LogP contribution in [0.4, 0.5) is 0 Å². The molecule has 0 fully saturated rings. The molecular formula is C12H19N3O4. The number of nitrogens with one attached hydrogen (secondary N) is 1. The molecule has 1 aromatic heterocycles. The first-order valence-electron chi connectivity index (χ1n) is 5.91. The maximum atomic E-state index is 12.1. The number of hydrogen-bond acceptors (Lipinski definition) is 4. The highest BCUT2D eigenvalue weighted by molar-refractivity contribution is 5.98. The number of aliphatic carboxylic acids is 1. The molecule has 1 heterocycles. The number of hydrogen-bond donors (Lipinski definition) is 2. The predicted octanol–water partition coefficient (Wildman–Crippen LogP) is 0.256. The molecule has 0 saturated carbocycles. The Hall–Kier alpha value is -1.89. The molecule has 1 atom stereocenters. The summed E-state index contributed by atoms with van der Waals surface area (Å²) in [5.41, 5.74) is 1.70. The first-order valence-corrected chi connectivity index (χ1v) is 5.91. The molecule has 1 amide bonds. The van der Waals surface area contributed by atoms with E-state index in [4.69, 9.17) is 9.84 Å². The molecule has 19 heavy (non-hydrogen) atoms. The number of carboxylic acid groups (broad SMARTS) is 1. The van der Waals surface area contributed by atoms with E-state index in [1.165, 1.54) is 7.11 Å². The van der Waals surface area contributed by atoms with Crippen LogP contribution >= 0.6 is 0 Å². The number of carboxylic acids is 1. The highest BCUT2D eigenvalue weighted by Gasteiger charge is 2.24. The van der Waals surface area contributed by atoms with Crippen LogP contribution in [0.3, 0.4) is 0 Å². The zero-order valence-electron chi connectivity index (χ0n) is 11.6. The molecule has 0 aliphatic carbocycles. The van der Waals surface area contributed by atoms with E-state index in [9.17, 15) is 9.59 Å².